The van der Waals surface area contributed by atoms with Gasteiger partial charge in [-0.1, -0.05) is 30.8 Å². The van der Waals surface area contributed by atoms with E-state index in [4.69, 9.17) is 18.0 Å². The Labute approximate surface area is 127 Å². The predicted octanol–water partition coefficient (Wildman–Crippen LogP) is 1.75. The van der Waals surface area contributed by atoms with E-state index in [0.29, 0.717) is 11.1 Å². The maximum atomic E-state index is 14.0. The topological polar surface area (TPSA) is 63.4 Å². The van der Waals surface area contributed by atoms with Gasteiger partial charge in [0.1, 0.15) is 10.8 Å². The molecule has 0 radical (unpaired) electrons. The summed E-state index contributed by atoms with van der Waals surface area (Å²) >= 11 is 4.79. The van der Waals surface area contributed by atoms with Gasteiger partial charge in [0.2, 0.25) is 11.8 Å². The maximum Gasteiger partial charge on any atom is 0.233 e. The number of carbonyl (C=O) groups excluding carboxylic acids is 2. The molecule has 2 amide bonds. The molecule has 1 aliphatic heterocycles. The first-order valence-corrected chi connectivity index (χ1v) is 7.33. The van der Waals surface area contributed by atoms with E-state index in [2.05, 4.69) is 0 Å². The van der Waals surface area contributed by atoms with Gasteiger partial charge in [0.05, 0.1) is 18.4 Å². The number of halogens is 1. The van der Waals surface area contributed by atoms with Crippen molar-refractivity contribution in [2.24, 2.45) is 17.6 Å². The Morgan fingerprint density at radius 2 is 1.90 bits per heavy atom. The van der Waals surface area contributed by atoms with E-state index in [1.807, 2.05) is 0 Å². The first kappa shape index (κ1) is 14.1. The van der Waals surface area contributed by atoms with Crippen LogP contribution in [-0.4, -0.2) is 21.7 Å². The predicted molar refractivity (Wildman–Crippen MR) is 78.7 cm³/mol. The van der Waals surface area contributed by atoms with Crippen molar-refractivity contribution >= 4 is 29.0 Å². The quantitative estimate of drug-likeness (QED) is 0.682. The summed E-state index contributed by atoms with van der Waals surface area (Å²) in [6, 6.07) is 4.37. The van der Waals surface area contributed by atoms with E-state index in [1.54, 1.807) is 6.07 Å². The van der Waals surface area contributed by atoms with Crippen molar-refractivity contribution in [1.82, 2.24) is 4.90 Å². The van der Waals surface area contributed by atoms with Crippen molar-refractivity contribution in [1.29, 1.82) is 0 Å². The van der Waals surface area contributed by atoms with Crippen molar-refractivity contribution in [2.75, 3.05) is 0 Å². The second kappa shape index (κ2) is 5.18. The second-order valence-corrected chi connectivity index (χ2v) is 6.02. The van der Waals surface area contributed by atoms with Gasteiger partial charge < -0.3 is 5.73 Å². The highest BCUT2D eigenvalue weighted by Gasteiger charge is 2.49. The number of thiocarbonyl (C=S) groups is 1. The first-order chi connectivity index (χ1) is 9.99. The van der Waals surface area contributed by atoms with Crippen molar-refractivity contribution in [3.63, 3.8) is 0 Å². The smallest absolute Gasteiger partial charge is 0.233 e. The average molecular weight is 306 g/mol. The Morgan fingerprint density at radius 3 is 2.43 bits per heavy atom. The van der Waals surface area contributed by atoms with Gasteiger partial charge in [0, 0.05) is 11.1 Å². The molecule has 1 saturated carbocycles. The fourth-order valence-corrected chi connectivity index (χ4v) is 3.34. The molecular weight excluding hydrogens is 291 g/mol. The molecule has 2 atom stereocenters. The molecule has 1 aromatic rings. The Hall–Kier alpha value is -1.82. The third kappa shape index (κ3) is 2.33. The highest BCUT2D eigenvalue weighted by Crippen LogP contribution is 2.40. The van der Waals surface area contributed by atoms with Crippen molar-refractivity contribution < 1.29 is 14.0 Å². The van der Waals surface area contributed by atoms with Gasteiger partial charge in [-0.2, -0.15) is 0 Å². The minimum atomic E-state index is -0.502. The monoisotopic (exact) mass is 306 g/mol. The van der Waals surface area contributed by atoms with Gasteiger partial charge >= 0.3 is 0 Å². The molecule has 1 heterocycles. The lowest BCUT2D eigenvalue weighted by Gasteiger charge is -2.16. The summed E-state index contributed by atoms with van der Waals surface area (Å²) in [6.45, 7) is -0.0197. The van der Waals surface area contributed by atoms with E-state index in [0.717, 1.165) is 19.3 Å². The van der Waals surface area contributed by atoms with Gasteiger partial charge in [-0.3, -0.25) is 14.5 Å². The summed E-state index contributed by atoms with van der Waals surface area (Å²) in [5.74, 6) is -1.23. The lowest BCUT2D eigenvalue weighted by atomic mass is 10.00. The van der Waals surface area contributed by atoms with Crippen LogP contribution in [0.25, 0.3) is 0 Å². The molecule has 2 fully saturated rings. The minimum Gasteiger partial charge on any atom is -0.389 e. The number of carbonyl (C=O) groups is 2. The van der Waals surface area contributed by atoms with Crippen LogP contribution in [0.5, 0.6) is 0 Å². The van der Waals surface area contributed by atoms with Crippen LogP contribution in [0, 0.1) is 17.7 Å². The van der Waals surface area contributed by atoms with Crippen molar-refractivity contribution in [2.45, 2.75) is 25.8 Å². The Kier molecular flexibility index (Phi) is 3.49. The number of hydrogen-bond donors (Lipinski definition) is 1. The molecule has 6 heteroatoms. The van der Waals surface area contributed by atoms with Crippen molar-refractivity contribution in [3.05, 3.63) is 35.1 Å². The van der Waals surface area contributed by atoms with Crippen LogP contribution in [0.2, 0.25) is 0 Å². The molecule has 2 aliphatic rings. The van der Waals surface area contributed by atoms with Gasteiger partial charge in [0.15, 0.2) is 0 Å². The van der Waals surface area contributed by atoms with Crippen LogP contribution in [0.1, 0.15) is 30.4 Å². The number of imide groups is 1. The van der Waals surface area contributed by atoms with Gasteiger partial charge in [-0.15, -0.1) is 0 Å². The van der Waals surface area contributed by atoms with E-state index in [9.17, 15) is 14.0 Å². The van der Waals surface area contributed by atoms with E-state index in [-0.39, 0.29) is 35.2 Å². The number of likely N-dealkylation sites (tertiary alicyclic amines) is 1. The first-order valence-electron chi connectivity index (χ1n) is 6.92. The fourth-order valence-electron chi connectivity index (χ4n) is 3.22. The van der Waals surface area contributed by atoms with E-state index < -0.39 is 5.82 Å². The van der Waals surface area contributed by atoms with E-state index >= 15 is 0 Å². The molecular formula is C15H15FN2O2S. The number of benzene rings is 1. The highest BCUT2D eigenvalue weighted by molar-refractivity contribution is 7.80. The van der Waals surface area contributed by atoms with E-state index in [1.165, 1.54) is 17.0 Å². The molecule has 2 unspecified atom stereocenters. The number of hydrogen-bond acceptors (Lipinski definition) is 3. The SMILES string of the molecule is NC(=S)c1ccc(CN2C(=O)C3CCCC3C2=O)c(F)c1. The van der Waals surface area contributed by atoms with Crippen LogP contribution in [0.3, 0.4) is 0 Å². The van der Waals surface area contributed by atoms with Gasteiger partial charge in [-0.05, 0) is 18.9 Å². The standard InChI is InChI=1S/C15H15FN2O2S/c16-12-6-8(13(17)21)4-5-9(12)7-18-14(19)10-2-1-3-11(10)15(18)20/h4-6,10-11H,1-3,7H2,(H2,17,21). The summed E-state index contributed by atoms with van der Waals surface area (Å²) in [6.07, 6.45) is 2.43. The minimum absolute atomic E-state index is 0.0197. The molecule has 4 nitrogen and oxygen atoms in total. The summed E-state index contributed by atoms with van der Waals surface area (Å²) in [4.78, 5) is 25.8. The third-order valence-electron chi connectivity index (χ3n) is 4.35. The molecule has 1 aromatic carbocycles. The summed E-state index contributed by atoms with van der Waals surface area (Å²) in [5, 5.41) is 0. The number of nitrogens with two attached hydrogens (primary N) is 1. The lowest BCUT2D eigenvalue weighted by Crippen LogP contribution is -2.31. The third-order valence-corrected chi connectivity index (χ3v) is 4.58. The van der Waals surface area contributed by atoms with Crippen LogP contribution in [-0.2, 0) is 16.1 Å². The molecule has 0 spiro atoms. The van der Waals surface area contributed by atoms with Gasteiger partial charge in [-0.25, -0.2) is 4.39 Å². The molecule has 2 N–H and O–H groups in total. The summed E-state index contributed by atoms with van der Waals surface area (Å²) in [7, 11) is 0. The molecule has 1 saturated heterocycles. The molecule has 21 heavy (non-hydrogen) atoms. The number of rotatable bonds is 3. The lowest BCUT2D eigenvalue weighted by molar-refractivity contribution is -0.141. The van der Waals surface area contributed by atoms with Crippen LogP contribution < -0.4 is 5.73 Å². The number of amides is 2. The Bertz CT molecular complexity index is 625. The number of nitrogens with zero attached hydrogens (tertiary/aromatic N) is 1. The second-order valence-electron chi connectivity index (χ2n) is 5.58. The highest BCUT2D eigenvalue weighted by atomic mass is 32.1. The molecule has 3 rings (SSSR count). The Balaban J connectivity index is 1.82. The molecule has 1 aliphatic carbocycles. The summed E-state index contributed by atoms with van der Waals surface area (Å²) < 4.78 is 14.0. The number of fused-ring (bicyclic) bond motifs is 1. The van der Waals surface area contributed by atoms with Gasteiger partial charge in [0.25, 0.3) is 0 Å². The zero-order valence-corrected chi connectivity index (χ0v) is 12.2. The summed E-state index contributed by atoms with van der Waals surface area (Å²) in [5.41, 5.74) is 6.18. The maximum absolute atomic E-state index is 14.0. The van der Waals surface area contributed by atoms with Crippen molar-refractivity contribution in [3.8, 4) is 0 Å². The largest absolute Gasteiger partial charge is 0.389 e. The zero-order chi connectivity index (χ0) is 15.1. The molecule has 0 aromatic heterocycles. The molecule has 110 valence electrons. The normalized spacial score (nSPS) is 24.5. The average Bonchev–Trinajstić information content (AvgIpc) is 3.00. The Morgan fingerprint density at radius 1 is 1.29 bits per heavy atom. The fraction of sp³-hybridized carbons (Fsp3) is 0.400. The molecule has 0 bridgehead atoms. The van der Waals surface area contributed by atoms with Crippen LogP contribution in [0.4, 0.5) is 4.39 Å². The van der Waals surface area contributed by atoms with Crippen LogP contribution >= 0.6 is 12.2 Å². The zero-order valence-electron chi connectivity index (χ0n) is 11.3. The van der Waals surface area contributed by atoms with Crippen LogP contribution in [0.15, 0.2) is 18.2 Å².